The van der Waals surface area contributed by atoms with Crippen LogP contribution >= 0.6 is 15.9 Å². The molecule has 3 nitrogen and oxygen atoms in total. The molecular weight excluding hydrogens is 282 g/mol. The van der Waals surface area contributed by atoms with Crippen molar-refractivity contribution < 1.29 is 9.53 Å². The maximum Gasteiger partial charge on any atom is 0.323 e. The van der Waals surface area contributed by atoms with Crippen LogP contribution in [-0.2, 0) is 9.53 Å². The molecule has 4 rings (SSSR count). The van der Waals surface area contributed by atoms with Crippen LogP contribution < -0.4 is 5.73 Å². The highest BCUT2D eigenvalue weighted by molar-refractivity contribution is 9.10. The van der Waals surface area contributed by atoms with Gasteiger partial charge in [-0.15, -0.1) is 0 Å². The van der Waals surface area contributed by atoms with Crippen molar-refractivity contribution in [1.82, 2.24) is 0 Å². The van der Waals surface area contributed by atoms with Crippen LogP contribution in [-0.4, -0.2) is 23.4 Å². The number of nitrogens with two attached hydrogens (primary N) is 1. The Labute approximate surface area is 111 Å². The van der Waals surface area contributed by atoms with E-state index >= 15 is 0 Å². The molecule has 0 amide bonds. The zero-order valence-corrected chi connectivity index (χ0v) is 11.8. The van der Waals surface area contributed by atoms with Crippen LogP contribution in [0.3, 0.4) is 0 Å². The van der Waals surface area contributed by atoms with Gasteiger partial charge in [0.1, 0.15) is 6.04 Å². The third-order valence-electron chi connectivity index (χ3n) is 5.15. The van der Waals surface area contributed by atoms with Gasteiger partial charge in [0.15, 0.2) is 0 Å². The molecule has 4 bridgehead atoms. The molecule has 17 heavy (non-hydrogen) atoms. The lowest BCUT2D eigenvalue weighted by Gasteiger charge is -2.61. The van der Waals surface area contributed by atoms with Gasteiger partial charge in [-0.25, -0.2) is 0 Å². The van der Waals surface area contributed by atoms with E-state index in [4.69, 9.17) is 10.5 Å². The number of halogens is 1. The summed E-state index contributed by atoms with van der Waals surface area (Å²) in [5, 5.41) is 0. The molecule has 3 atom stereocenters. The summed E-state index contributed by atoms with van der Waals surface area (Å²) in [7, 11) is 1.44. The van der Waals surface area contributed by atoms with Crippen LogP contribution in [0.1, 0.15) is 38.5 Å². The average Bonchev–Trinajstić information content (AvgIpc) is 2.23. The van der Waals surface area contributed by atoms with Gasteiger partial charge >= 0.3 is 5.97 Å². The second-order valence-corrected chi connectivity index (χ2v) is 8.16. The maximum atomic E-state index is 11.8. The summed E-state index contributed by atoms with van der Waals surface area (Å²) in [6.07, 6.45) is 7.14. The number of hydrogen-bond donors (Lipinski definition) is 1. The number of carbonyl (C=O) groups excluding carboxylic acids is 1. The molecule has 4 aliphatic rings. The molecule has 96 valence electrons. The fourth-order valence-corrected chi connectivity index (χ4v) is 6.43. The molecule has 0 radical (unpaired) electrons. The third-order valence-corrected chi connectivity index (χ3v) is 6.08. The van der Waals surface area contributed by atoms with Crippen molar-refractivity contribution in [3.63, 3.8) is 0 Å². The smallest absolute Gasteiger partial charge is 0.323 e. The van der Waals surface area contributed by atoms with Gasteiger partial charge in [0.05, 0.1) is 7.11 Å². The summed E-state index contributed by atoms with van der Waals surface area (Å²) < 4.78 is 5.11. The zero-order valence-electron chi connectivity index (χ0n) is 10.2. The largest absolute Gasteiger partial charge is 0.468 e. The maximum absolute atomic E-state index is 11.8. The van der Waals surface area contributed by atoms with Gasteiger partial charge in [-0.1, -0.05) is 15.9 Å². The van der Waals surface area contributed by atoms with Crippen molar-refractivity contribution >= 4 is 21.9 Å². The van der Waals surface area contributed by atoms with Gasteiger partial charge in [0.2, 0.25) is 0 Å². The topological polar surface area (TPSA) is 52.3 Å². The third kappa shape index (κ3) is 1.75. The van der Waals surface area contributed by atoms with Gasteiger partial charge in [-0.2, -0.15) is 0 Å². The van der Waals surface area contributed by atoms with Gasteiger partial charge < -0.3 is 10.5 Å². The van der Waals surface area contributed by atoms with E-state index < -0.39 is 6.04 Å². The Morgan fingerprint density at radius 3 is 2.41 bits per heavy atom. The van der Waals surface area contributed by atoms with Crippen molar-refractivity contribution in [1.29, 1.82) is 0 Å². The lowest BCUT2D eigenvalue weighted by atomic mass is 9.47. The lowest BCUT2D eigenvalue weighted by Crippen LogP contribution is -2.61. The minimum atomic E-state index is -0.435. The minimum Gasteiger partial charge on any atom is -0.468 e. The highest BCUT2D eigenvalue weighted by Crippen LogP contribution is 2.65. The van der Waals surface area contributed by atoms with Crippen molar-refractivity contribution in [2.24, 2.45) is 23.0 Å². The van der Waals surface area contributed by atoms with Crippen LogP contribution in [0, 0.1) is 17.3 Å². The molecule has 2 N–H and O–H groups in total. The average molecular weight is 302 g/mol. The molecule has 4 fully saturated rings. The highest BCUT2D eigenvalue weighted by Gasteiger charge is 2.60. The normalized spacial score (nSPS) is 49.1. The zero-order chi connectivity index (χ0) is 12.3. The first-order chi connectivity index (χ1) is 7.96. The fraction of sp³-hybridized carbons (Fsp3) is 0.923. The number of ether oxygens (including phenoxy) is 1. The van der Waals surface area contributed by atoms with Crippen molar-refractivity contribution in [3.8, 4) is 0 Å². The second-order valence-electron chi connectivity index (χ2n) is 6.48. The predicted molar refractivity (Wildman–Crippen MR) is 68.8 cm³/mol. The van der Waals surface area contributed by atoms with Crippen molar-refractivity contribution in [3.05, 3.63) is 0 Å². The Bertz CT molecular complexity index is 343. The van der Waals surface area contributed by atoms with Crippen LogP contribution in [0.2, 0.25) is 0 Å². The van der Waals surface area contributed by atoms with Crippen LogP contribution in [0.15, 0.2) is 0 Å². The molecular formula is C13H20BrNO2. The van der Waals surface area contributed by atoms with E-state index in [1.165, 1.54) is 26.4 Å². The van der Waals surface area contributed by atoms with Gasteiger partial charge in [0.25, 0.3) is 0 Å². The molecule has 4 heteroatoms. The predicted octanol–water partition coefficient (Wildman–Crippen LogP) is 2.22. The Balaban J connectivity index is 1.90. The number of hydrogen-bond acceptors (Lipinski definition) is 3. The van der Waals surface area contributed by atoms with E-state index in [1.54, 1.807) is 0 Å². The Morgan fingerprint density at radius 1 is 1.35 bits per heavy atom. The Hall–Kier alpha value is -0.0900. The molecule has 0 aromatic rings. The molecule has 0 aliphatic heterocycles. The molecule has 0 heterocycles. The summed E-state index contributed by atoms with van der Waals surface area (Å²) in [5.74, 6) is 1.28. The Morgan fingerprint density at radius 2 is 1.94 bits per heavy atom. The first-order valence-electron chi connectivity index (χ1n) is 6.49. The number of rotatable bonds is 2. The van der Waals surface area contributed by atoms with E-state index in [2.05, 4.69) is 15.9 Å². The van der Waals surface area contributed by atoms with Crippen molar-refractivity contribution in [2.45, 2.75) is 48.9 Å². The van der Waals surface area contributed by atoms with Crippen LogP contribution in [0.5, 0.6) is 0 Å². The minimum absolute atomic E-state index is 0.000671. The van der Waals surface area contributed by atoms with Gasteiger partial charge in [0, 0.05) is 4.32 Å². The molecule has 4 saturated carbocycles. The van der Waals surface area contributed by atoms with Crippen LogP contribution in [0.4, 0.5) is 0 Å². The van der Waals surface area contributed by atoms with E-state index in [0.717, 1.165) is 31.1 Å². The summed E-state index contributed by atoms with van der Waals surface area (Å²) in [5.41, 5.74) is 6.19. The second kappa shape index (κ2) is 3.70. The summed E-state index contributed by atoms with van der Waals surface area (Å²) in [6.45, 7) is 0. The van der Waals surface area contributed by atoms with Gasteiger partial charge in [-0.3, -0.25) is 4.79 Å². The van der Waals surface area contributed by atoms with E-state index in [-0.39, 0.29) is 15.7 Å². The van der Waals surface area contributed by atoms with Crippen LogP contribution in [0.25, 0.3) is 0 Å². The lowest BCUT2D eigenvalue weighted by molar-refractivity contribution is -0.151. The first-order valence-corrected chi connectivity index (χ1v) is 7.28. The van der Waals surface area contributed by atoms with Gasteiger partial charge in [-0.05, 0) is 55.8 Å². The molecule has 0 aromatic heterocycles. The number of carbonyl (C=O) groups is 1. The summed E-state index contributed by atoms with van der Waals surface area (Å²) >= 11 is 3.92. The molecule has 0 aromatic carbocycles. The fourth-order valence-electron chi connectivity index (χ4n) is 4.96. The summed E-state index contributed by atoms with van der Waals surface area (Å²) in [4.78, 5) is 11.8. The summed E-state index contributed by atoms with van der Waals surface area (Å²) in [6, 6.07) is -0.435. The SMILES string of the molecule is COC(=O)C(N)C12CC3CC(CC(Br)(C3)C1)C2. The molecule has 0 spiro atoms. The van der Waals surface area contributed by atoms with E-state index in [9.17, 15) is 4.79 Å². The number of esters is 1. The first kappa shape index (κ1) is 12.0. The molecule has 0 saturated heterocycles. The highest BCUT2D eigenvalue weighted by atomic mass is 79.9. The standard InChI is InChI=1S/C13H20BrNO2/c1-17-11(16)10(15)12-3-8-2-9(4-12)6-13(14,5-8)7-12/h8-10H,2-7,15H2,1H3. The Kier molecular flexibility index (Phi) is 2.61. The monoisotopic (exact) mass is 301 g/mol. The quantitative estimate of drug-likeness (QED) is 0.628. The molecule has 3 unspecified atom stereocenters. The van der Waals surface area contributed by atoms with E-state index in [0.29, 0.717) is 0 Å². The number of alkyl halides is 1. The molecule has 4 aliphatic carbocycles. The van der Waals surface area contributed by atoms with Crippen molar-refractivity contribution in [2.75, 3.05) is 7.11 Å². The van der Waals surface area contributed by atoms with E-state index in [1.807, 2.05) is 0 Å². The number of methoxy groups -OCH3 is 1.